The standard InChI is InChI=1S/C24H28ClN5O/c1-16-19(22(25)30(28-16)18-10-6-3-7-11-18)14-29-13-12-21-20(15-29)24(31)27-23(26-21)17-8-4-2-5-9-17/h3,6-7,10-11,17H,2,4-5,8-9,12-15H2,1H3,(H,26,27,31). The van der Waals surface area contributed by atoms with E-state index in [1.54, 1.807) is 4.68 Å². The van der Waals surface area contributed by atoms with Crippen molar-refractivity contribution in [3.8, 4) is 5.69 Å². The Hall–Kier alpha value is -2.44. The molecule has 2 aromatic heterocycles. The molecular weight excluding hydrogens is 410 g/mol. The summed E-state index contributed by atoms with van der Waals surface area (Å²) in [6.45, 7) is 4.11. The van der Waals surface area contributed by atoms with E-state index < -0.39 is 0 Å². The third-order valence-electron chi connectivity index (χ3n) is 6.66. The van der Waals surface area contributed by atoms with Crippen LogP contribution in [-0.4, -0.2) is 31.2 Å². The molecule has 1 saturated carbocycles. The molecule has 2 aliphatic rings. The van der Waals surface area contributed by atoms with Gasteiger partial charge in [-0.15, -0.1) is 0 Å². The summed E-state index contributed by atoms with van der Waals surface area (Å²) < 4.78 is 1.79. The molecule has 0 amide bonds. The summed E-state index contributed by atoms with van der Waals surface area (Å²) in [4.78, 5) is 23.1. The zero-order chi connectivity index (χ0) is 21.4. The average Bonchev–Trinajstić information content (AvgIpc) is 3.09. The summed E-state index contributed by atoms with van der Waals surface area (Å²) >= 11 is 6.72. The molecule has 0 atom stereocenters. The predicted molar refractivity (Wildman–Crippen MR) is 122 cm³/mol. The molecule has 31 heavy (non-hydrogen) atoms. The van der Waals surface area contributed by atoms with E-state index in [-0.39, 0.29) is 5.56 Å². The highest BCUT2D eigenvalue weighted by molar-refractivity contribution is 6.30. The molecule has 3 aromatic rings. The second kappa shape index (κ2) is 8.60. The highest BCUT2D eigenvalue weighted by atomic mass is 35.5. The number of nitrogens with one attached hydrogen (secondary N) is 1. The van der Waals surface area contributed by atoms with Crippen LogP contribution < -0.4 is 5.56 Å². The third kappa shape index (κ3) is 4.06. The Bertz CT molecular complexity index is 1130. The monoisotopic (exact) mass is 437 g/mol. The van der Waals surface area contributed by atoms with Crippen LogP contribution in [-0.2, 0) is 19.5 Å². The molecule has 7 heteroatoms. The van der Waals surface area contributed by atoms with Crippen molar-refractivity contribution in [2.45, 2.75) is 64.5 Å². The van der Waals surface area contributed by atoms with E-state index in [1.165, 1.54) is 19.3 Å². The summed E-state index contributed by atoms with van der Waals surface area (Å²) in [5.41, 5.74) is 4.68. The lowest BCUT2D eigenvalue weighted by molar-refractivity contribution is 0.240. The first-order chi connectivity index (χ1) is 15.1. The van der Waals surface area contributed by atoms with Gasteiger partial charge in [-0.3, -0.25) is 9.69 Å². The van der Waals surface area contributed by atoms with E-state index in [0.717, 1.165) is 59.8 Å². The van der Waals surface area contributed by atoms with E-state index in [9.17, 15) is 4.79 Å². The van der Waals surface area contributed by atoms with Crippen molar-refractivity contribution in [3.05, 3.63) is 74.2 Å². The molecule has 1 aromatic carbocycles. The fourth-order valence-electron chi connectivity index (χ4n) is 4.88. The van der Waals surface area contributed by atoms with Crippen molar-refractivity contribution < 1.29 is 0 Å². The van der Waals surface area contributed by atoms with E-state index in [0.29, 0.717) is 24.2 Å². The molecule has 1 aliphatic carbocycles. The summed E-state index contributed by atoms with van der Waals surface area (Å²) in [6, 6.07) is 9.92. The second-order valence-electron chi connectivity index (χ2n) is 8.77. The first-order valence-electron chi connectivity index (χ1n) is 11.2. The topological polar surface area (TPSA) is 66.8 Å². The Morgan fingerprint density at radius 3 is 2.71 bits per heavy atom. The molecule has 1 fully saturated rings. The highest BCUT2D eigenvalue weighted by Gasteiger charge is 2.26. The van der Waals surface area contributed by atoms with Gasteiger partial charge in [0.2, 0.25) is 0 Å². The molecule has 0 unspecified atom stereocenters. The summed E-state index contributed by atoms with van der Waals surface area (Å²) in [5.74, 6) is 1.31. The maximum Gasteiger partial charge on any atom is 0.255 e. The number of aromatic amines is 1. The lowest BCUT2D eigenvalue weighted by Gasteiger charge is -2.28. The van der Waals surface area contributed by atoms with Crippen molar-refractivity contribution in [2.24, 2.45) is 0 Å². The fraction of sp³-hybridized carbons (Fsp3) is 0.458. The van der Waals surface area contributed by atoms with Crippen molar-refractivity contribution >= 4 is 11.6 Å². The summed E-state index contributed by atoms with van der Waals surface area (Å²) in [7, 11) is 0. The summed E-state index contributed by atoms with van der Waals surface area (Å²) in [6.07, 6.45) is 6.83. The molecule has 1 N–H and O–H groups in total. The summed E-state index contributed by atoms with van der Waals surface area (Å²) in [5, 5.41) is 5.28. The predicted octanol–water partition coefficient (Wildman–Crippen LogP) is 4.52. The third-order valence-corrected chi connectivity index (χ3v) is 7.05. The maximum atomic E-state index is 12.9. The average molecular weight is 438 g/mol. The van der Waals surface area contributed by atoms with Crippen LogP contribution in [0.5, 0.6) is 0 Å². The van der Waals surface area contributed by atoms with Gasteiger partial charge in [-0.1, -0.05) is 49.1 Å². The van der Waals surface area contributed by atoms with E-state index in [2.05, 4.69) is 15.0 Å². The minimum Gasteiger partial charge on any atom is -0.310 e. The number of halogens is 1. The zero-order valence-corrected chi connectivity index (χ0v) is 18.7. The first kappa shape index (κ1) is 20.5. The number of hydrogen-bond donors (Lipinski definition) is 1. The van der Waals surface area contributed by atoms with Gasteiger partial charge in [-0.05, 0) is 31.9 Å². The SMILES string of the molecule is Cc1nn(-c2ccccc2)c(Cl)c1CN1CCc2nc(C3CCCCC3)[nH]c(=O)c2C1. The van der Waals surface area contributed by atoms with E-state index >= 15 is 0 Å². The van der Waals surface area contributed by atoms with Crippen molar-refractivity contribution in [2.75, 3.05) is 6.54 Å². The number of benzene rings is 1. The van der Waals surface area contributed by atoms with Crippen LogP contribution in [0.2, 0.25) is 5.15 Å². The number of para-hydroxylation sites is 1. The Kier molecular flexibility index (Phi) is 5.67. The molecule has 5 rings (SSSR count). The van der Waals surface area contributed by atoms with Gasteiger partial charge in [0.1, 0.15) is 11.0 Å². The molecule has 1 aliphatic heterocycles. The van der Waals surface area contributed by atoms with Crippen LogP contribution in [0.25, 0.3) is 5.69 Å². The minimum absolute atomic E-state index is 0.0260. The van der Waals surface area contributed by atoms with Gasteiger partial charge in [-0.2, -0.15) is 5.10 Å². The van der Waals surface area contributed by atoms with Crippen LogP contribution in [0.3, 0.4) is 0 Å². The lowest BCUT2D eigenvalue weighted by Crippen LogP contribution is -2.36. The van der Waals surface area contributed by atoms with Crippen LogP contribution in [0.1, 0.15) is 66.4 Å². The number of hydrogen-bond acceptors (Lipinski definition) is 4. The number of aromatic nitrogens is 4. The molecule has 6 nitrogen and oxygen atoms in total. The Morgan fingerprint density at radius 2 is 1.94 bits per heavy atom. The molecule has 0 saturated heterocycles. The van der Waals surface area contributed by atoms with Gasteiger partial charge in [0.05, 0.1) is 22.6 Å². The van der Waals surface area contributed by atoms with E-state index in [1.807, 2.05) is 37.3 Å². The number of H-pyrrole nitrogens is 1. The van der Waals surface area contributed by atoms with Crippen molar-refractivity contribution in [1.82, 2.24) is 24.6 Å². The highest BCUT2D eigenvalue weighted by Crippen LogP contribution is 2.31. The molecular formula is C24H28ClN5O. The van der Waals surface area contributed by atoms with Gasteiger partial charge in [0.15, 0.2) is 0 Å². The molecule has 162 valence electrons. The largest absolute Gasteiger partial charge is 0.310 e. The van der Waals surface area contributed by atoms with Crippen LogP contribution in [0, 0.1) is 6.92 Å². The van der Waals surface area contributed by atoms with E-state index in [4.69, 9.17) is 16.6 Å². The smallest absolute Gasteiger partial charge is 0.255 e. The number of fused-ring (bicyclic) bond motifs is 1. The Balaban J connectivity index is 1.36. The van der Waals surface area contributed by atoms with Gasteiger partial charge in [0.25, 0.3) is 5.56 Å². The second-order valence-corrected chi connectivity index (χ2v) is 9.13. The quantitative estimate of drug-likeness (QED) is 0.651. The first-order valence-corrected chi connectivity index (χ1v) is 11.6. The Morgan fingerprint density at radius 1 is 1.16 bits per heavy atom. The minimum atomic E-state index is 0.0260. The zero-order valence-electron chi connectivity index (χ0n) is 17.9. The van der Waals surface area contributed by atoms with Crippen LogP contribution >= 0.6 is 11.6 Å². The number of rotatable bonds is 4. The van der Waals surface area contributed by atoms with Crippen molar-refractivity contribution in [1.29, 1.82) is 0 Å². The maximum absolute atomic E-state index is 12.9. The Labute approximate surface area is 187 Å². The van der Waals surface area contributed by atoms with Crippen LogP contribution in [0.15, 0.2) is 35.1 Å². The number of aryl methyl sites for hydroxylation is 1. The molecule has 3 heterocycles. The van der Waals surface area contributed by atoms with Crippen LogP contribution in [0.4, 0.5) is 0 Å². The van der Waals surface area contributed by atoms with Gasteiger partial charge < -0.3 is 4.98 Å². The van der Waals surface area contributed by atoms with Gasteiger partial charge in [-0.25, -0.2) is 9.67 Å². The van der Waals surface area contributed by atoms with Crippen molar-refractivity contribution in [3.63, 3.8) is 0 Å². The molecule has 0 spiro atoms. The normalized spacial score (nSPS) is 17.6. The number of nitrogens with zero attached hydrogens (tertiary/aromatic N) is 4. The lowest BCUT2D eigenvalue weighted by atomic mass is 9.88. The van der Waals surface area contributed by atoms with Gasteiger partial charge >= 0.3 is 0 Å². The molecule has 0 bridgehead atoms. The van der Waals surface area contributed by atoms with Gasteiger partial charge in [0, 0.05) is 37.5 Å². The fourth-order valence-corrected chi connectivity index (χ4v) is 5.21. The molecule has 0 radical (unpaired) electrons.